The standard InChI is InChI=1S/C16H19N3O5S/c1-19-10-2-3-14(19)16(21)24-11-15(20)18-9-8-12-4-6-13(7-5-12)25(17,22)23/h2-7,10H,8-9,11H2,1H3,(H,18,20)(H2,17,22,23). The average Bonchev–Trinajstić information content (AvgIpc) is 2.98. The second-order valence-electron chi connectivity index (χ2n) is 5.37. The molecule has 2 aromatic rings. The van der Waals surface area contributed by atoms with Crippen molar-refractivity contribution in [1.82, 2.24) is 9.88 Å². The molecular formula is C16H19N3O5S. The number of benzene rings is 1. The first-order valence-corrected chi connectivity index (χ1v) is 8.99. The molecule has 0 unspecified atom stereocenters. The minimum Gasteiger partial charge on any atom is -0.451 e. The Bertz CT molecular complexity index is 856. The Morgan fingerprint density at radius 2 is 1.88 bits per heavy atom. The van der Waals surface area contributed by atoms with E-state index in [0.717, 1.165) is 5.56 Å². The van der Waals surface area contributed by atoms with Crippen molar-refractivity contribution in [3.63, 3.8) is 0 Å². The van der Waals surface area contributed by atoms with Crippen LogP contribution in [0.1, 0.15) is 16.1 Å². The number of hydrogen-bond donors (Lipinski definition) is 2. The summed E-state index contributed by atoms with van der Waals surface area (Å²) in [6, 6.07) is 9.38. The molecule has 1 aromatic carbocycles. The summed E-state index contributed by atoms with van der Waals surface area (Å²) in [6.07, 6.45) is 2.21. The van der Waals surface area contributed by atoms with Crippen molar-refractivity contribution in [2.45, 2.75) is 11.3 Å². The lowest BCUT2D eigenvalue weighted by molar-refractivity contribution is -0.124. The second kappa shape index (κ2) is 7.95. The van der Waals surface area contributed by atoms with Crippen LogP contribution in [0.25, 0.3) is 0 Å². The Balaban J connectivity index is 1.73. The van der Waals surface area contributed by atoms with Crippen LogP contribution in [0.2, 0.25) is 0 Å². The molecule has 0 fully saturated rings. The maximum Gasteiger partial charge on any atom is 0.355 e. The zero-order valence-electron chi connectivity index (χ0n) is 13.6. The van der Waals surface area contributed by atoms with Crippen LogP contribution >= 0.6 is 0 Å². The van der Waals surface area contributed by atoms with Crippen LogP contribution in [0.4, 0.5) is 0 Å². The number of esters is 1. The SMILES string of the molecule is Cn1cccc1C(=O)OCC(=O)NCCc1ccc(S(N)(=O)=O)cc1. The summed E-state index contributed by atoms with van der Waals surface area (Å²) in [5, 5.41) is 7.65. The topological polar surface area (TPSA) is 120 Å². The summed E-state index contributed by atoms with van der Waals surface area (Å²) >= 11 is 0. The monoisotopic (exact) mass is 365 g/mol. The van der Waals surface area contributed by atoms with Crippen molar-refractivity contribution < 1.29 is 22.7 Å². The molecule has 1 aromatic heterocycles. The number of nitrogens with one attached hydrogen (secondary N) is 1. The van der Waals surface area contributed by atoms with Crippen LogP contribution < -0.4 is 10.5 Å². The number of carbonyl (C=O) groups excluding carboxylic acids is 2. The molecule has 3 N–H and O–H groups in total. The minimum atomic E-state index is -3.71. The average molecular weight is 365 g/mol. The van der Waals surface area contributed by atoms with E-state index in [-0.39, 0.29) is 11.5 Å². The van der Waals surface area contributed by atoms with Gasteiger partial charge in [0.25, 0.3) is 5.91 Å². The number of ether oxygens (including phenoxy) is 1. The third-order valence-corrected chi connectivity index (χ3v) is 4.40. The van der Waals surface area contributed by atoms with Gasteiger partial charge >= 0.3 is 5.97 Å². The lowest BCUT2D eigenvalue weighted by atomic mass is 10.1. The summed E-state index contributed by atoms with van der Waals surface area (Å²) in [7, 11) is -2.00. The molecule has 2 rings (SSSR count). The van der Waals surface area contributed by atoms with E-state index >= 15 is 0 Å². The highest BCUT2D eigenvalue weighted by molar-refractivity contribution is 7.89. The number of sulfonamides is 1. The maximum absolute atomic E-state index is 11.8. The smallest absolute Gasteiger partial charge is 0.355 e. The number of hydrogen-bond acceptors (Lipinski definition) is 5. The molecule has 1 amide bonds. The normalized spacial score (nSPS) is 11.1. The summed E-state index contributed by atoms with van der Waals surface area (Å²) in [5.41, 5.74) is 1.20. The molecule has 0 radical (unpaired) electrons. The van der Waals surface area contributed by atoms with Gasteiger partial charge in [-0.25, -0.2) is 18.4 Å². The molecule has 8 nitrogen and oxygen atoms in total. The minimum absolute atomic E-state index is 0.0351. The van der Waals surface area contributed by atoms with Gasteiger partial charge in [-0.05, 0) is 36.2 Å². The quantitative estimate of drug-likeness (QED) is 0.679. The zero-order chi connectivity index (χ0) is 18.4. The number of amides is 1. The van der Waals surface area contributed by atoms with E-state index in [2.05, 4.69) is 5.32 Å². The van der Waals surface area contributed by atoms with E-state index in [0.29, 0.717) is 18.7 Å². The zero-order valence-corrected chi connectivity index (χ0v) is 14.5. The predicted molar refractivity (Wildman–Crippen MR) is 90.2 cm³/mol. The van der Waals surface area contributed by atoms with Crippen molar-refractivity contribution in [2.24, 2.45) is 12.2 Å². The molecule has 25 heavy (non-hydrogen) atoms. The van der Waals surface area contributed by atoms with Gasteiger partial charge in [-0.1, -0.05) is 12.1 Å². The molecule has 0 saturated heterocycles. The van der Waals surface area contributed by atoms with Crippen LogP contribution in [0.5, 0.6) is 0 Å². The van der Waals surface area contributed by atoms with Crippen molar-refractivity contribution >= 4 is 21.9 Å². The number of aryl methyl sites for hydroxylation is 1. The molecule has 0 aliphatic heterocycles. The van der Waals surface area contributed by atoms with Crippen LogP contribution in [0, 0.1) is 0 Å². The number of rotatable bonds is 7. The molecular weight excluding hydrogens is 346 g/mol. The summed E-state index contributed by atoms with van der Waals surface area (Å²) in [6.45, 7) is -0.0381. The first-order valence-electron chi connectivity index (χ1n) is 7.44. The van der Waals surface area contributed by atoms with Crippen LogP contribution in [-0.4, -0.2) is 38.0 Å². The number of nitrogens with zero attached hydrogens (tertiary/aromatic N) is 1. The Hall–Kier alpha value is -2.65. The van der Waals surface area contributed by atoms with E-state index in [1.54, 1.807) is 42.1 Å². The van der Waals surface area contributed by atoms with Gasteiger partial charge < -0.3 is 14.6 Å². The Morgan fingerprint density at radius 3 is 2.44 bits per heavy atom. The molecule has 1 heterocycles. The van der Waals surface area contributed by atoms with Crippen LogP contribution in [-0.2, 0) is 33.0 Å². The van der Waals surface area contributed by atoms with E-state index < -0.39 is 21.9 Å². The highest BCUT2D eigenvalue weighted by Gasteiger charge is 2.12. The van der Waals surface area contributed by atoms with Gasteiger partial charge in [0, 0.05) is 19.8 Å². The van der Waals surface area contributed by atoms with E-state index in [1.165, 1.54) is 12.1 Å². The lowest BCUT2D eigenvalue weighted by Crippen LogP contribution is -2.30. The molecule has 9 heteroatoms. The van der Waals surface area contributed by atoms with Gasteiger partial charge in [0.1, 0.15) is 5.69 Å². The molecule has 0 spiro atoms. The molecule has 0 aliphatic rings. The molecule has 134 valence electrons. The van der Waals surface area contributed by atoms with Crippen molar-refractivity contribution in [2.75, 3.05) is 13.2 Å². The van der Waals surface area contributed by atoms with E-state index in [9.17, 15) is 18.0 Å². The number of nitrogens with two attached hydrogens (primary N) is 1. The summed E-state index contributed by atoms with van der Waals surface area (Å²) in [5.74, 6) is -0.982. The fraction of sp³-hybridized carbons (Fsp3) is 0.250. The van der Waals surface area contributed by atoms with Crippen molar-refractivity contribution in [3.05, 3.63) is 53.9 Å². The first-order chi connectivity index (χ1) is 11.8. The number of primary sulfonamides is 1. The molecule has 0 saturated carbocycles. The summed E-state index contributed by atoms with van der Waals surface area (Å²) in [4.78, 5) is 23.5. The van der Waals surface area contributed by atoms with Gasteiger partial charge in [0.15, 0.2) is 6.61 Å². The van der Waals surface area contributed by atoms with Gasteiger partial charge in [0.2, 0.25) is 10.0 Å². The van der Waals surface area contributed by atoms with Gasteiger partial charge in [0.05, 0.1) is 4.90 Å². The third-order valence-electron chi connectivity index (χ3n) is 3.47. The Kier molecular flexibility index (Phi) is 5.94. The highest BCUT2D eigenvalue weighted by atomic mass is 32.2. The van der Waals surface area contributed by atoms with Crippen molar-refractivity contribution in [3.8, 4) is 0 Å². The van der Waals surface area contributed by atoms with E-state index in [1.807, 2.05) is 0 Å². The lowest BCUT2D eigenvalue weighted by Gasteiger charge is -2.07. The maximum atomic E-state index is 11.8. The second-order valence-corrected chi connectivity index (χ2v) is 6.93. The largest absolute Gasteiger partial charge is 0.451 e. The van der Waals surface area contributed by atoms with Crippen LogP contribution in [0.3, 0.4) is 0 Å². The highest BCUT2D eigenvalue weighted by Crippen LogP contribution is 2.09. The molecule has 0 atom stereocenters. The Labute approximate surface area is 145 Å². The number of aromatic nitrogens is 1. The van der Waals surface area contributed by atoms with Gasteiger partial charge in [-0.2, -0.15) is 0 Å². The fourth-order valence-corrected chi connectivity index (χ4v) is 2.64. The fourth-order valence-electron chi connectivity index (χ4n) is 2.12. The van der Waals surface area contributed by atoms with E-state index in [4.69, 9.17) is 9.88 Å². The van der Waals surface area contributed by atoms with Gasteiger partial charge in [-0.15, -0.1) is 0 Å². The van der Waals surface area contributed by atoms with Crippen LogP contribution in [0.15, 0.2) is 47.5 Å². The summed E-state index contributed by atoms with van der Waals surface area (Å²) < 4.78 is 28.9. The molecule has 0 aliphatic carbocycles. The first kappa shape index (κ1) is 18.7. The third kappa shape index (κ3) is 5.44. The van der Waals surface area contributed by atoms with Gasteiger partial charge in [-0.3, -0.25) is 4.79 Å². The number of carbonyl (C=O) groups is 2. The molecule has 0 bridgehead atoms. The Morgan fingerprint density at radius 1 is 1.20 bits per heavy atom. The predicted octanol–water partition coefficient (Wildman–Crippen LogP) is 0.188. The van der Waals surface area contributed by atoms with Crippen molar-refractivity contribution in [1.29, 1.82) is 0 Å².